The van der Waals surface area contributed by atoms with Gasteiger partial charge in [0.1, 0.15) is 12.1 Å². The highest BCUT2D eigenvalue weighted by molar-refractivity contribution is 6.30. The number of benzene rings is 1. The summed E-state index contributed by atoms with van der Waals surface area (Å²) in [6.07, 6.45) is 3.96. The van der Waals surface area contributed by atoms with Crippen LogP contribution in [-0.4, -0.2) is 52.3 Å². The van der Waals surface area contributed by atoms with Crippen molar-refractivity contribution in [3.8, 4) is 0 Å². The van der Waals surface area contributed by atoms with Crippen LogP contribution in [0.5, 0.6) is 0 Å². The Kier molecular flexibility index (Phi) is 4.40. The maximum atomic E-state index is 11.1. The van der Waals surface area contributed by atoms with Crippen molar-refractivity contribution >= 4 is 17.4 Å². The molecular formula is C19H23ClN4O. The van der Waals surface area contributed by atoms with Crippen LogP contribution in [0, 0.1) is 0 Å². The monoisotopic (exact) mass is 358 g/mol. The molecule has 0 saturated carbocycles. The van der Waals surface area contributed by atoms with Crippen molar-refractivity contribution in [2.45, 2.75) is 31.4 Å². The van der Waals surface area contributed by atoms with Gasteiger partial charge in [-0.3, -0.25) is 0 Å². The predicted octanol–water partition coefficient (Wildman–Crippen LogP) is 2.30. The Morgan fingerprint density at radius 1 is 1.28 bits per heavy atom. The molecule has 3 heterocycles. The zero-order valence-corrected chi connectivity index (χ0v) is 15.2. The van der Waals surface area contributed by atoms with E-state index in [9.17, 15) is 5.11 Å². The van der Waals surface area contributed by atoms with Gasteiger partial charge in [-0.15, -0.1) is 0 Å². The molecule has 25 heavy (non-hydrogen) atoms. The lowest BCUT2D eigenvalue weighted by atomic mass is 9.94. The normalized spacial score (nSPS) is 23.7. The number of hydrogen-bond acceptors (Lipinski definition) is 5. The standard InChI is InChI=1S/C19H23ClN4O/c1-23-7-5-17-16(11-23)18(22-13-21-17)24-8-6-19(25,12-24)10-14-3-2-4-15(20)9-14/h2-4,9,13,25H,5-8,10-12H2,1H3. The van der Waals surface area contributed by atoms with E-state index in [2.05, 4.69) is 26.8 Å². The van der Waals surface area contributed by atoms with Gasteiger partial charge in [-0.25, -0.2) is 9.97 Å². The molecule has 0 spiro atoms. The molecule has 2 aliphatic rings. The van der Waals surface area contributed by atoms with Crippen molar-refractivity contribution in [2.75, 3.05) is 31.6 Å². The van der Waals surface area contributed by atoms with Gasteiger partial charge >= 0.3 is 0 Å². The summed E-state index contributed by atoms with van der Waals surface area (Å²) in [5.74, 6) is 0.985. The van der Waals surface area contributed by atoms with E-state index < -0.39 is 5.60 Å². The van der Waals surface area contributed by atoms with Crippen molar-refractivity contribution < 1.29 is 5.11 Å². The molecule has 1 aromatic carbocycles. The molecule has 132 valence electrons. The Labute approximate surface area is 153 Å². The molecule has 0 radical (unpaired) electrons. The highest BCUT2D eigenvalue weighted by atomic mass is 35.5. The molecule has 1 aromatic heterocycles. The minimum Gasteiger partial charge on any atom is -0.388 e. The molecule has 5 nitrogen and oxygen atoms in total. The van der Waals surface area contributed by atoms with Crippen LogP contribution in [0.1, 0.15) is 23.2 Å². The Balaban J connectivity index is 1.55. The van der Waals surface area contributed by atoms with E-state index in [0.717, 1.165) is 49.6 Å². The molecule has 6 heteroatoms. The van der Waals surface area contributed by atoms with Gasteiger partial charge in [0.05, 0.1) is 11.3 Å². The number of nitrogens with zero attached hydrogens (tertiary/aromatic N) is 4. The fourth-order valence-electron chi connectivity index (χ4n) is 3.94. The van der Waals surface area contributed by atoms with Gasteiger partial charge in [0.15, 0.2) is 0 Å². The SMILES string of the molecule is CN1CCc2ncnc(N3CCC(O)(Cc4cccc(Cl)c4)C3)c2C1. The Morgan fingerprint density at radius 3 is 3.00 bits per heavy atom. The number of aromatic nitrogens is 2. The molecule has 1 N–H and O–H groups in total. The van der Waals surface area contributed by atoms with Crippen LogP contribution in [0.2, 0.25) is 5.02 Å². The van der Waals surface area contributed by atoms with Gasteiger partial charge in [0.25, 0.3) is 0 Å². The zero-order valence-electron chi connectivity index (χ0n) is 14.5. The lowest BCUT2D eigenvalue weighted by molar-refractivity contribution is 0.0637. The minimum atomic E-state index is -0.747. The third kappa shape index (κ3) is 3.50. The van der Waals surface area contributed by atoms with E-state index in [1.165, 1.54) is 5.56 Å². The van der Waals surface area contributed by atoms with Crippen molar-refractivity contribution in [2.24, 2.45) is 0 Å². The second-order valence-corrected chi connectivity index (χ2v) is 7.75. The van der Waals surface area contributed by atoms with E-state index in [4.69, 9.17) is 11.6 Å². The molecule has 2 aromatic rings. The molecule has 1 fully saturated rings. The summed E-state index contributed by atoms with van der Waals surface area (Å²) in [6, 6.07) is 7.75. The molecule has 4 rings (SSSR count). The van der Waals surface area contributed by atoms with Crippen molar-refractivity contribution in [3.63, 3.8) is 0 Å². The van der Waals surface area contributed by atoms with E-state index >= 15 is 0 Å². The average Bonchev–Trinajstić information content (AvgIpc) is 2.96. The van der Waals surface area contributed by atoms with Gasteiger partial charge in [-0.1, -0.05) is 23.7 Å². The fourth-order valence-corrected chi connectivity index (χ4v) is 4.16. The second kappa shape index (κ2) is 6.56. The molecule has 1 unspecified atom stereocenters. The number of fused-ring (bicyclic) bond motifs is 1. The Morgan fingerprint density at radius 2 is 2.16 bits per heavy atom. The number of likely N-dealkylation sites (N-methyl/N-ethyl adjacent to an activating group) is 1. The van der Waals surface area contributed by atoms with Crippen LogP contribution in [0.4, 0.5) is 5.82 Å². The number of anilines is 1. The zero-order chi connectivity index (χ0) is 17.4. The molecule has 0 aliphatic carbocycles. The molecule has 0 amide bonds. The van der Waals surface area contributed by atoms with Crippen LogP contribution in [0.25, 0.3) is 0 Å². The summed E-state index contributed by atoms with van der Waals surface area (Å²) in [5, 5.41) is 11.8. The third-order valence-electron chi connectivity index (χ3n) is 5.22. The topological polar surface area (TPSA) is 52.5 Å². The first-order chi connectivity index (χ1) is 12.0. The van der Waals surface area contributed by atoms with E-state index in [1.807, 2.05) is 24.3 Å². The first-order valence-electron chi connectivity index (χ1n) is 8.75. The van der Waals surface area contributed by atoms with Crippen molar-refractivity contribution in [1.29, 1.82) is 0 Å². The highest BCUT2D eigenvalue weighted by Gasteiger charge is 2.38. The number of aliphatic hydroxyl groups is 1. The molecular weight excluding hydrogens is 336 g/mol. The Hall–Kier alpha value is -1.69. The first kappa shape index (κ1) is 16.8. The summed E-state index contributed by atoms with van der Waals surface area (Å²) in [6.45, 7) is 3.30. The number of rotatable bonds is 3. The molecule has 1 atom stereocenters. The van der Waals surface area contributed by atoms with E-state index in [-0.39, 0.29) is 0 Å². The largest absolute Gasteiger partial charge is 0.388 e. The van der Waals surface area contributed by atoms with E-state index in [1.54, 1.807) is 6.33 Å². The molecule has 2 aliphatic heterocycles. The molecule has 0 bridgehead atoms. The third-order valence-corrected chi connectivity index (χ3v) is 5.46. The van der Waals surface area contributed by atoms with Gasteiger partial charge in [0.2, 0.25) is 0 Å². The van der Waals surface area contributed by atoms with Crippen LogP contribution >= 0.6 is 11.6 Å². The first-order valence-corrected chi connectivity index (χ1v) is 9.13. The summed E-state index contributed by atoms with van der Waals surface area (Å²) in [5.41, 5.74) is 2.68. The van der Waals surface area contributed by atoms with Crippen LogP contribution < -0.4 is 4.90 Å². The minimum absolute atomic E-state index is 0.590. The Bertz CT molecular complexity index is 784. The van der Waals surface area contributed by atoms with Crippen LogP contribution in [-0.2, 0) is 19.4 Å². The number of hydrogen-bond donors (Lipinski definition) is 1. The maximum absolute atomic E-state index is 11.1. The van der Waals surface area contributed by atoms with Gasteiger partial charge in [-0.05, 0) is 31.2 Å². The smallest absolute Gasteiger partial charge is 0.136 e. The van der Waals surface area contributed by atoms with Crippen molar-refractivity contribution in [1.82, 2.24) is 14.9 Å². The lowest BCUT2D eigenvalue weighted by Gasteiger charge is -2.29. The average molecular weight is 359 g/mol. The van der Waals surface area contributed by atoms with E-state index in [0.29, 0.717) is 18.0 Å². The number of β-amino-alcohol motifs (C(OH)–C–C–N with tert-alkyl or cyclic N) is 1. The predicted molar refractivity (Wildman–Crippen MR) is 99.0 cm³/mol. The molecule has 1 saturated heterocycles. The highest BCUT2D eigenvalue weighted by Crippen LogP contribution is 2.32. The maximum Gasteiger partial charge on any atom is 0.136 e. The van der Waals surface area contributed by atoms with Crippen molar-refractivity contribution in [3.05, 3.63) is 52.4 Å². The lowest BCUT2D eigenvalue weighted by Crippen LogP contribution is -2.37. The summed E-state index contributed by atoms with van der Waals surface area (Å²) in [7, 11) is 2.12. The fraction of sp³-hybridized carbons (Fsp3) is 0.474. The summed E-state index contributed by atoms with van der Waals surface area (Å²) >= 11 is 6.08. The van der Waals surface area contributed by atoms with Gasteiger partial charge < -0.3 is 14.9 Å². The van der Waals surface area contributed by atoms with Crippen LogP contribution in [0.3, 0.4) is 0 Å². The summed E-state index contributed by atoms with van der Waals surface area (Å²) in [4.78, 5) is 13.5. The van der Waals surface area contributed by atoms with Gasteiger partial charge in [-0.2, -0.15) is 0 Å². The van der Waals surface area contributed by atoms with Gasteiger partial charge in [0, 0.05) is 49.6 Å². The number of halogens is 1. The summed E-state index contributed by atoms with van der Waals surface area (Å²) < 4.78 is 0. The van der Waals surface area contributed by atoms with Crippen LogP contribution in [0.15, 0.2) is 30.6 Å². The quantitative estimate of drug-likeness (QED) is 0.912. The second-order valence-electron chi connectivity index (χ2n) is 7.31.